The molecule has 13 heavy (non-hydrogen) atoms. The van der Waals surface area contributed by atoms with E-state index in [1.807, 2.05) is 20.8 Å². The van der Waals surface area contributed by atoms with Gasteiger partial charge in [0, 0.05) is 6.42 Å². The van der Waals surface area contributed by atoms with Crippen molar-refractivity contribution in [1.82, 2.24) is 0 Å². The molecule has 0 fully saturated rings. The largest absolute Gasteiger partial charge is 0.460 e. The molecular formula is C11H22O2. The zero-order valence-corrected chi connectivity index (χ0v) is 9.68. The topological polar surface area (TPSA) is 26.3 Å². The molecule has 0 spiro atoms. The normalized spacial score (nSPS) is 14.4. The Kier molecular flexibility index (Phi) is 4.45. The van der Waals surface area contributed by atoms with Crippen molar-refractivity contribution in [1.29, 1.82) is 0 Å². The summed E-state index contributed by atoms with van der Waals surface area (Å²) in [5.41, 5.74) is -0.353. The number of hydrogen-bond acceptors (Lipinski definition) is 2. The fourth-order valence-electron chi connectivity index (χ4n) is 0.882. The standard InChI is InChI=1S/C11H22O2/c1-8(2)9(3)7-10(12)13-11(4,5)6/h8-9H,7H2,1-6H3/t9-/m0/s1. The number of esters is 1. The van der Waals surface area contributed by atoms with Gasteiger partial charge in [-0.15, -0.1) is 0 Å². The summed E-state index contributed by atoms with van der Waals surface area (Å²) in [6, 6.07) is 0. The number of rotatable bonds is 3. The van der Waals surface area contributed by atoms with Crippen LogP contribution < -0.4 is 0 Å². The molecular weight excluding hydrogens is 164 g/mol. The van der Waals surface area contributed by atoms with Crippen LogP contribution in [0.15, 0.2) is 0 Å². The fraction of sp³-hybridized carbons (Fsp3) is 0.909. The van der Waals surface area contributed by atoms with Crippen LogP contribution in [0.2, 0.25) is 0 Å². The van der Waals surface area contributed by atoms with Crippen molar-refractivity contribution in [2.75, 3.05) is 0 Å². The summed E-state index contributed by atoms with van der Waals surface area (Å²) in [5.74, 6) is 0.844. The minimum absolute atomic E-state index is 0.0892. The van der Waals surface area contributed by atoms with Crippen LogP contribution in [0.5, 0.6) is 0 Å². The Morgan fingerprint density at radius 3 is 2.00 bits per heavy atom. The average molecular weight is 186 g/mol. The Labute approximate surface area is 81.7 Å². The summed E-state index contributed by atoms with van der Waals surface area (Å²) < 4.78 is 5.22. The first-order valence-corrected chi connectivity index (χ1v) is 4.94. The highest BCUT2D eigenvalue weighted by Gasteiger charge is 2.19. The van der Waals surface area contributed by atoms with Gasteiger partial charge in [-0.1, -0.05) is 20.8 Å². The van der Waals surface area contributed by atoms with E-state index in [0.717, 1.165) is 0 Å². The van der Waals surface area contributed by atoms with Crippen molar-refractivity contribution in [3.05, 3.63) is 0 Å². The van der Waals surface area contributed by atoms with Crippen molar-refractivity contribution < 1.29 is 9.53 Å². The molecule has 1 atom stereocenters. The van der Waals surface area contributed by atoms with Gasteiger partial charge >= 0.3 is 5.97 Å². The van der Waals surface area contributed by atoms with Crippen LogP contribution in [0.1, 0.15) is 48.0 Å². The lowest BCUT2D eigenvalue weighted by Crippen LogP contribution is -2.25. The van der Waals surface area contributed by atoms with E-state index >= 15 is 0 Å². The summed E-state index contributed by atoms with van der Waals surface area (Å²) in [4.78, 5) is 11.4. The predicted octanol–water partition coefficient (Wildman–Crippen LogP) is 3.01. The van der Waals surface area contributed by atoms with Gasteiger partial charge < -0.3 is 4.74 Å². The molecule has 0 aliphatic rings. The molecule has 0 aromatic heterocycles. The van der Waals surface area contributed by atoms with Crippen molar-refractivity contribution in [2.24, 2.45) is 11.8 Å². The quantitative estimate of drug-likeness (QED) is 0.633. The summed E-state index contributed by atoms with van der Waals surface area (Å²) >= 11 is 0. The minimum Gasteiger partial charge on any atom is -0.460 e. The van der Waals surface area contributed by atoms with E-state index in [1.165, 1.54) is 0 Å². The highest BCUT2D eigenvalue weighted by atomic mass is 16.6. The second-order valence-corrected chi connectivity index (χ2v) is 5.01. The van der Waals surface area contributed by atoms with Crippen molar-refractivity contribution >= 4 is 5.97 Å². The molecule has 0 heterocycles. The summed E-state index contributed by atoms with van der Waals surface area (Å²) in [6.07, 6.45) is 0.523. The maximum atomic E-state index is 11.4. The first-order chi connectivity index (χ1) is 5.72. The van der Waals surface area contributed by atoms with Gasteiger partial charge in [-0.2, -0.15) is 0 Å². The predicted molar refractivity (Wildman–Crippen MR) is 54.5 cm³/mol. The van der Waals surface area contributed by atoms with Crippen molar-refractivity contribution in [3.8, 4) is 0 Å². The Morgan fingerprint density at radius 1 is 1.23 bits per heavy atom. The molecule has 2 nitrogen and oxygen atoms in total. The molecule has 0 aromatic rings. The van der Waals surface area contributed by atoms with E-state index < -0.39 is 0 Å². The van der Waals surface area contributed by atoms with Crippen LogP contribution in [0.3, 0.4) is 0 Å². The smallest absolute Gasteiger partial charge is 0.306 e. The van der Waals surface area contributed by atoms with Crippen LogP contribution in [0.25, 0.3) is 0 Å². The van der Waals surface area contributed by atoms with Crippen LogP contribution >= 0.6 is 0 Å². The number of ether oxygens (including phenoxy) is 1. The molecule has 0 radical (unpaired) electrons. The lowest BCUT2D eigenvalue weighted by Gasteiger charge is -2.22. The number of hydrogen-bond donors (Lipinski definition) is 0. The van der Waals surface area contributed by atoms with E-state index in [2.05, 4.69) is 20.8 Å². The second kappa shape index (κ2) is 4.64. The highest BCUT2D eigenvalue weighted by molar-refractivity contribution is 5.70. The van der Waals surface area contributed by atoms with Crippen molar-refractivity contribution in [2.45, 2.75) is 53.6 Å². The molecule has 0 saturated heterocycles. The van der Waals surface area contributed by atoms with Crippen LogP contribution in [0, 0.1) is 11.8 Å². The Balaban J connectivity index is 3.89. The zero-order chi connectivity index (χ0) is 10.6. The van der Waals surface area contributed by atoms with Crippen LogP contribution in [-0.4, -0.2) is 11.6 Å². The monoisotopic (exact) mass is 186 g/mol. The van der Waals surface area contributed by atoms with E-state index in [0.29, 0.717) is 18.3 Å². The molecule has 2 heteroatoms. The third kappa shape index (κ3) is 6.62. The SMILES string of the molecule is CC(C)[C@@H](C)CC(=O)OC(C)(C)C. The summed E-state index contributed by atoms with van der Waals surface area (Å²) in [7, 11) is 0. The molecule has 0 rings (SSSR count). The molecule has 0 aromatic carbocycles. The van der Waals surface area contributed by atoms with Gasteiger partial charge in [0.15, 0.2) is 0 Å². The van der Waals surface area contributed by atoms with Crippen molar-refractivity contribution in [3.63, 3.8) is 0 Å². The molecule has 0 aliphatic carbocycles. The first kappa shape index (κ1) is 12.5. The summed E-state index contributed by atoms with van der Waals surface area (Å²) in [6.45, 7) is 12.0. The fourth-order valence-corrected chi connectivity index (χ4v) is 0.882. The Hall–Kier alpha value is -0.530. The van der Waals surface area contributed by atoms with Crippen LogP contribution in [-0.2, 0) is 9.53 Å². The van der Waals surface area contributed by atoms with E-state index in [1.54, 1.807) is 0 Å². The maximum Gasteiger partial charge on any atom is 0.306 e. The van der Waals surface area contributed by atoms with Crippen LogP contribution in [0.4, 0.5) is 0 Å². The van der Waals surface area contributed by atoms with Gasteiger partial charge in [0.25, 0.3) is 0 Å². The average Bonchev–Trinajstić information content (AvgIpc) is 1.81. The van der Waals surface area contributed by atoms with Gasteiger partial charge in [0.1, 0.15) is 5.60 Å². The Morgan fingerprint density at radius 2 is 1.69 bits per heavy atom. The molecule has 0 saturated carbocycles. The lowest BCUT2D eigenvalue weighted by atomic mass is 9.95. The zero-order valence-electron chi connectivity index (χ0n) is 9.68. The molecule has 0 bridgehead atoms. The van der Waals surface area contributed by atoms with E-state index in [9.17, 15) is 4.79 Å². The van der Waals surface area contributed by atoms with Gasteiger partial charge in [0.05, 0.1) is 0 Å². The molecule has 78 valence electrons. The molecule has 0 unspecified atom stereocenters. The number of carbonyl (C=O) groups excluding carboxylic acids is 1. The number of carbonyl (C=O) groups is 1. The highest BCUT2D eigenvalue weighted by Crippen LogP contribution is 2.17. The molecule has 0 amide bonds. The van der Waals surface area contributed by atoms with Gasteiger partial charge in [-0.25, -0.2) is 0 Å². The van der Waals surface area contributed by atoms with Gasteiger partial charge in [-0.05, 0) is 32.6 Å². The second-order valence-electron chi connectivity index (χ2n) is 5.01. The Bertz CT molecular complexity index is 165. The van der Waals surface area contributed by atoms with E-state index in [4.69, 9.17) is 4.74 Å². The van der Waals surface area contributed by atoms with E-state index in [-0.39, 0.29) is 11.6 Å². The third-order valence-electron chi connectivity index (χ3n) is 2.05. The van der Waals surface area contributed by atoms with Gasteiger partial charge in [0.2, 0.25) is 0 Å². The van der Waals surface area contributed by atoms with Gasteiger partial charge in [-0.3, -0.25) is 4.79 Å². The third-order valence-corrected chi connectivity index (χ3v) is 2.05. The summed E-state index contributed by atoms with van der Waals surface area (Å²) in [5, 5.41) is 0. The lowest BCUT2D eigenvalue weighted by molar-refractivity contribution is -0.156. The maximum absolute atomic E-state index is 11.4. The molecule has 0 N–H and O–H groups in total. The minimum atomic E-state index is -0.353. The molecule has 0 aliphatic heterocycles. The first-order valence-electron chi connectivity index (χ1n) is 4.94.